The maximum Gasteiger partial charge on any atom is 0.292 e. The van der Waals surface area contributed by atoms with Gasteiger partial charge in [-0.2, -0.15) is 0 Å². The summed E-state index contributed by atoms with van der Waals surface area (Å²) in [5.41, 5.74) is 6.12. The SMILES string of the molecule is CC(=O)c1cc(OC[C@@H](N)CCO[Si](c2ccccc2)(c2ccccc2)C(C)(C)C)c(Cl)c([N+](=O)[O-])c1. The third-order valence-electron chi connectivity index (χ3n) is 6.30. The van der Waals surface area contributed by atoms with E-state index in [4.69, 9.17) is 26.5 Å². The highest BCUT2D eigenvalue weighted by Gasteiger charge is 2.50. The number of rotatable bonds is 11. The molecule has 9 heteroatoms. The standard InChI is InChI=1S/C28H33ClN2O5Si/c1-20(32)21-17-25(31(33)34)27(29)26(18-21)35-19-22(30)15-16-36-37(28(2,3)4,23-11-7-5-8-12-23)24-13-9-6-10-14-24/h5-14,17-18,22H,15-16,19,30H2,1-4H3/t22-/m0/s1. The molecular weight excluding hydrogens is 508 g/mol. The van der Waals surface area contributed by atoms with Gasteiger partial charge in [0, 0.05) is 24.3 Å². The van der Waals surface area contributed by atoms with Crippen molar-refractivity contribution in [3.05, 3.63) is 93.5 Å². The van der Waals surface area contributed by atoms with Crippen LogP contribution in [0.5, 0.6) is 5.75 Å². The second-order valence-electron chi connectivity index (χ2n) is 9.99. The van der Waals surface area contributed by atoms with Crippen LogP contribution in [0.4, 0.5) is 5.69 Å². The van der Waals surface area contributed by atoms with E-state index in [9.17, 15) is 14.9 Å². The van der Waals surface area contributed by atoms with Crippen molar-refractivity contribution in [1.29, 1.82) is 0 Å². The van der Waals surface area contributed by atoms with Crippen LogP contribution >= 0.6 is 11.6 Å². The van der Waals surface area contributed by atoms with Crippen LogP contribution in [0.2, 0.25) is 10.1 Å². The molecule has 196 valence electrons. The molecule has 0 aliphatic heterocycles. The van der Waals surface area contributed by atoms with Crippen molar-refractivity contribution < 1.29 is 18.9 Å². The maximum atomic E-state index is 11.8. The lowest BCUT2D eigenvalue weighted by Gasteiger charge is -2.43. The summed E-state index contributed by atoms with van der Waals surface area (Å²) in [5, 5.41) is 13.4. The third-order valence-corrected chi connectivity index (χ3v) is 11.7. The summed E-state index contributed by atoms with van der Waals surface area (Å²) in [6, 6.07) is 22.8. The zero-order valence-electron chi connectivity index (χ0n) is 21.6. The van der Waals surface area contributed by atoms with Gasteiger partial charge in [-0.05, 0) is 34.8 Å². The number of halogens is 1. The Balaban J connectivity index is 1.78. The highest BCUT2D eigenvalue weighted by atomic mass is 35.5. The highest BCUT2D eigenvalue weighted by molar-refractivity contribution is 6.99. The lowest BCUT2D eigenvalue weighted by atomic mass is 10.1. The van der Waals surface area contributed by atoms with E-state index < -0.39 is 19.3 Å². The quantitative estimate of drug-likeness (QED) is 0.156. The topological polar surface area (TPSA) is 105 Å². The Morgan fingerprint density at radius 1 is 1.05 bits per heavy atom. The maximum absolute atomic E-state index is 11.8. The number of carbonyl (C=O) groups excluding carboxylic acids is 1. The third kappa shape index (κ3) is 6.45. The molecule has 0 spiro atoms. The minimum absolute atomic E-state index is 0.0579. The smallest absolute Gasteiger partial charge is 0.292 e. The molecule has 0 fully saturated rings. The van der Waals surface area contributed by atoms with Gasteiger partial charge in [-0.3, -0.25) is 14.9 Å². The molecule has 0 aromatic heterocycles. The average molecular weight is 541 g/mol. The van der Waals surface area contributed by atoms with Crippen LogP contribution in [0.15, 0.2) is 72.8 Å². The lowest BCUT2D eigenvalue weighted by Crippen LogP contribution is -2.66. The number of hydrogen-bond acceptors (Lipinski definition) is 6. The average Bonchev–Trinajstić information content (AvgIpc) is 2.86. The first-order valence-electron chi connectivity index (χ1n) is 12.1. The molecule has 3 aromatic rings. The molecule has 37 heavy (non-hydrogen) atoms. The molecule has 0 saturated heterocycles. The summed E-state index contributed by atoms with van der Waals surface area (Å²) < 4.78 is 12.6. The number of nitro benzene ring substituents is 1. The van der Waals surface area contributed by atoms with Crippen LogP contribution in [0, 0.1) is 10.1 Å². The first-order valence-corrected chi connectivity index (χ1v) is 14.4. The fourth-order valence-electron chi connectivity index (χ4n) is 4.43. The number of ketones is 1. The van der Waals surface area contributed by atoms with Crippen molar-refractivity contribution >= 4 is 41.8 Å². The fourth-order valence-corrected chi connectivity index (χ4v) is 9.24. The van der Waals surface area contributed by atoms with E-state index in [-0.39, 0.29) is 39.5 Å². The van der Waals surface area contributed by atoms with Gasteiger partial charge in [-0.15, -0.1) is 0 Å². The Kier molecular flexibility index (Phi) is 9.25. The number of carbonyl (C=O) groups is 1. The molecule has 3 aromatic carbocycles. The normalized spacial score (nSPS) is 12.7. The van der Waals surface area contributed by atoms with Crippen molar-refractivity contribution in [3.63, 3.8) is 0 Å². The minimum Gasteiger partial charge on any atom is -0.490 e. The Hall–Kier alpha value is -3.04. The molecule has 1 atom stereocenters. The van der Waals surface area contributed by atoms with Crippen LogP contribution in [0.1, 0.15) is 44.5 Å². The van der Waals surface area contributed by atoms with Crippen molar-refractivity contribution in [2.45, 2.75) is 45.2 Å². The molecule has 2 N–H and O–H groups in total. The summed E-state index contributed by atoms with van der Waals surface area (Å²) in [7, 11) is -2.68. The minimum atomic E-state index is -2.68. The van der Waals surface area contributed by atoms with Gasteiger partial charge in [0.25, 0.3) is 14.0 Å². The van der Waals surface area contributed by atoms with E-state index in [0.29, 0.717) is 13.0 Å². The van der Waals surface area contributed by atoms with Gasteiger partial charge in [-0.1, -0.05) is 93.0 Å². The summed E-state index contributed by atoms with van der Waals surface area (Å²) in [6.45, 7) is 8.41. The predicted molar refractivity (Wildman–Crippen MR) is 150 cm³/mol. The molecule has 7 nitrogen and oxygen atoms in total. The van der Waals surface area contributed by atoms with Gasteiger partial charge < -0.3 is 14.9 Å². The molecule has 0 saturated carbocycles. The summed E-state index contributed by atoms with van der Waals surface area (Å²) in [6.07, 6.45) is 0.497. The first-order chi connectivity index (χ1) is 17.5. The molecule has 0 unspecified atom stereocenters. The second-order valence-corrected chi connectivity index (χ2v) is 14.7. The summed E-state index contributed by atoms with van der Waals surface area (Å²) >= 11 is 6.18. The first kappa shape index (κ1) is 28.5. The van der Waals surface area contributed by atoms with Gasteiger partial charge in [0.15, 0.2) is 10.8 Å². The molecule has 0 aliphatic rings. The van der Waals surface area contributed by atoms with Crippen LogP contribution < -0.4 is 20.8 Å². The molecule has 0 bridgehead atoms. The molecule has 0 amide bonds. The van der Waals surface area contributed by atoms with Crippen LogP contribution in [-0.2, 0) is 4.43 Å². The van der Waals surface area contributed by atoms with Gasteiger partial charge >= 0.3 is 0 Å². The molecule has 0 radical (unpaired) electrons. The lowest BCUT2D eigenvalue weighted by molar-refractivity contribution is -0.384. The number of benzene rings is 3. The molecule has 0 aliphatic carbocycles. The number of nitro groups is 1. The Morgan fingerprint density at radius 3 is 2.05 bits per heavy atom. The zero-order valence-corrected chi connectivity index (χ0v) is 23.3. The van der Waals surface area contributed by atoms with Crippen LogP contribution in [0.25, 0.3) is 0 Å². The van der Waals surface area contributed by atoms with E-state index in [0.717, 1.165) is 6.07 Å². The number of ether oxygens (including phenoxy) is 1. The Morgan fingerprint density at radius 2 is 1.59 bits per heavy atom. The van der Waals surface area contributed by atoms with Crippen LogP contribution in [-0.4, -0.2) is 38.3 Å². The van der Waals surface area contributed by atoms with E-state index in [2.05, 4.69) is 45.0 Å². The number of Topliss-reactive ketones (excluding diaryl/α,β-unsaturated/α-hetero) is 1. The largest absolute Gasteiger partial charge is 0.490 e. The van der Waals surface area contributed by atoms with E-state index >= 15 is 0 Å². The van der Waals surface area contributed by atoms with Crippen LogP contribution in [0.3, 0.4) is 0 Å². The zero-order chi connectivity index (χ0) is 27.2. The van der Waals surface area contributed by atoms with Gasteiger partial charge in [0.2, 0.25) is 0 Å². The Bertz CT molecular complexity index is 1190. The van der Waals surface area contributed by atoms with Crippen molar-refractivity contribution in [3.8, 4) is 5.75 Å². The van der Waals surface area contributed by atoms with Gasteiger partial charge in [-0.25, -0.2) is 0 Å². The summed E-state index contributed by atoms with van der Waals surface area (Å²) in [5.74, 6) is -0.267. The van der Waals surface area contributed by atoms with E-state index in [1.54, 1.807) is 0 Å². The molecule has 3 rings (SSSR count). The molecule has 0 heterocycles. The predicted octanol–water partition coefficient (Wildman–Crippen LogP) is 5.12. The second kappa shape index (κ2) is 12.0. The number of nitrogens with zero attached hydrogens (tertiary/aromatic N) is 1. The number of nitrogens with two attached hydrogens (primary N) is 1. The van der Waals surface area contributed by atoms with Gasteiger partial charge in [0.1, 0.15) is 12.4 Å². The molecular formula is C28H33ClN2O5Si. The van der Waals surface area contributed by atoms with E-state index in [1.165, 1.54) is 23.4 Å². The fraction of sp³-hybridized carbons (Fsp3) is 0.321. The monoisotopic (exact) mass is 540 g/mol. The Labute approximate surface area is 223 Å². The van der Waals surface area contributed by atoms with Crippen molar-refractivity contribution in [2.75, 3.05) is 13.2 Å². The number of hydrogen-bond donors (Lipinski definition) is 1. The van der Waals surface area contributed by atoms with Crippen molar-refractivity contribution in [1.82, 2.24) is 0 Å². The van der Waals surface area contributed by atoms with Crippen molar-refractivity contribution in [2.24, 2.45) is 5.73 Å². The highest BCUT2D eigenvalue weighted by Crippen LogP contribution is 2.37. The van der Waals surface area contributed by atoms with Gasteiger partial charge in [0.05, 0.1) is 4.92 Å². The summed E-state index contributed by atoms with van der Waals surface area (Å²) in [4.78, 5) is 22.5. The van der Waals surface area contributed by atoms with E-state index in [1.807, 2.05) is 36.4 Å².